The summed E-state index contributed by atoms with van der Waals surface area (Å²) in [6.45, 7) is 9.39. The molecule has 0 aromatic carbocycles. The molecule has 2 unspecified atom stereocenters. The van der Waals surface area contributed by atoms with Crippen molar-refractivity contribution in [2.45, 2.75) is 70.3 Å². The predicted molar refractivity (Wildman–Crippen MR) is 92.4 cm³/mol. The van der Waals surface area contributed by atoms with Gasteiger partial charge in [0.2, 0.25) is 0 Å². The summed E-state index contributed by atoms with van der Waals surface area (Å²) >= 11 is 0. The first-order valence-electron chi connectivity index (χ1n) is 8.44. The largest absolute Gasteiger partial charge is 0.444 e. The lowest BCUT2D eigenvalue weighted by atomic mass is 10.2. The monoisotopic (exact) mass is 348 g/mol. The number of carbonyl (C=O) groups excluding carboxylic acids is 1. The van der Waals surface area contributed by atoms with Crippen LogP contribution in [-0.2, 0) is 14.6 Å². The zero-order chi connectivity index (χ0) is 17.7. The van der Waals surface area contributed by atoms with Crippen molar-refractivity contribution in [1.82, 2.24) is 10.2 Å². The van der Waals surface area contributed by atoms with E-state index in [4.69, 9.17) is 4.74 Å². The molecule has 1 aliphatic carbocycles. The van der Waals surface area contributed by atoms with Crippen LogP contribution in [0.3, 0.4) is 0 Å². The van der Waals surface area contributed by atoms with Gasteiger partial charge < -0.3 is 15.0 Å². The molecule has 1 fully saturated rings. The van der Waals surface area contributed by atoms with Gasteiger partial charge in [-0.25, -0.2) is 13.2 Å². The number of amides is 1. The predicted octanol–water partition coefficient (Wildman–Crippen LogP) is 2.19. The molecular weight excluding hydrogens is 316 g/mol. The highest BCUT2D eigenvalue weighted by atomic mass is 32.2. The maximum atomic E-state index is 12.0. The highest BCUT2D eigenvalue weighted by Gasteiger charge is 2.34. The summed E-state index contributed by atoms with van der Waals surface area (Å²) in [4.78, 5) is 13.7. The van der Waals surface area contributed by atoms with Crippen molar-refractivity contribution in [2.24, 2.45) is 0 Å². The summed E-state index contributed by atoms with van der Waals surface area (Å²) in [6, 6.07) is 0.0432. The minimum Gasteiger partial charge on any atom is -0.444 e. The summed E-state index contributed by atoms with van der Waals surface area (Å²) in [5.74, 6) is 0. The Labute approximate surface area is 140 Å². The summed E-state index contributed by atoms with van der Waals surface area (Å²) < 4.78 is 28.9. The van der Waals surface area contributed by atoms with E-state index in [0.29, 0.717) is 19.6 Å². The number of carbonyl (C=O) groups is 1. The molecule has 1 N–H and O–H groups in total. The Morgan fingerprint density at radius 1 is 1.30 bits per heavy atom. The van der Waals surface area contributed by atoms with E-state index in [0.717, 1.165) is 25.7 Å². The molecule has 6 nitrogen and oxygen atoms in total. The maximum Gasteiger partial charge on any atom is 0.410 e. The maximum absolute atomic E-state index is 12.0. The second-order valence-corrected chi connectivity index (χ2v) is 9.54. The molecule has 2 atom stereocenters. The number of sulfone groups is 1. The number of nitrogens with one attached hydrogen (secondary N) is 1. The third kappa shape index (κ3) is 7.08. The van der Waals surface area contributed by atoms with Crippen LogP contribution in [0, 0.1) is 0 Å². The lowest BCUT2D eigenvalue weighted by Gasteiger charge is -2.27. The van der Waals surface area contributed by atoms with E-state index in [2.05, 4.69) is 5.32 Å². The molecule has 0 aromatic rings. The quantitative estimate of drug-likeness (QED) is 0.714. The van der Waals surface area contributed by atoms with Gasteiger partial charge in [0.05, 0.1) is 5.25 Å². The summed E-state index contributed by atoms with van der Waals surface area (Å²) in [5, 5.41) is 3.08. The lowest BCUT2D eigenvalue weighted by Crippen LogP contribution is -2.42. The fourth-order valence-electron chi connectivity index (χ4n) is 2.93. The van der Waals surface area contributed by atoms with Gasteiger partial charge in [0.25, 0.3) is 0 Å². The van der Waals surface area contributed by atoms with E-state index >= 15 is 0 Å². The average Bonchev–Trinajstić information content (AvgIpc) is 2.84. The molecule has 0 heterocycles. The number of ether oxygens (including phenoxy) is 1. The number of rotatable bonds is 7. The second kappa shape index (κ2) is 8.33. The first-order chi connectivity index (χ1) is 10.5. The van der Waals surface area contributed by atoms with Gasteiger partial charge in [0, 0.05) is 25.4 Å². The van der Waals surface area contributed by atoms with E-state index in [1.165, 1.54) is 6.26 Å². The third-order valence-electron chi connectivity index (χ3n) is 4.05. The van der Waals surface area contributed by atoms with Crippen molar-refractivity contribution < 1.29 is 17.9 Å². The van der Waals surface area contributed by atoms with Crippen molar-refractivity contribution in [3.8, 4) is 0 Å². The van der Waals surface area contributed by atoms with Crippen molar-refractivity contribution in [3.05, 3.63) is 0 Å². The highest BCUT2D eigenvalue weighted by molar-refractivity contribution is 7.91. The topological polar surface area (TPSA) is 75.7 Å². The van der Waals surface area contributed by atoms with Gasteiger partial charge in [0.15, 0.2) is 9.84 Å². The van der Waals surface area contributed by atoms with E-state index in [1.54, 1.807) is 4.90 Å². The minimum atomic E-state index is -2.99. The zero-order valence-electron chi connectivity index (χ0n) is 15.1. The van der Waals surface area contributed by atoms with Gasteiger partial charge in [-0.1, -0.05) is 6.42 Å². The van der Waals surface area contributed by atoms with Crippen molar-refractivity contribution in [1.29, 1.82) is 0 Å². The molecule has 0 aliphatic heterocycles. The van der Waals surface area contributed by atoms with Crippen LogP contribution in [0.4, 0.5) is 4.79 Å². The van der Waals surface area contributed by atoms with Crippen LogP contribution in [0.25, 0.3) is 0 Å². The average molecular weight is 349 g/mol. The Morgan fingerprint density at radius 3 is 2.48 bits per heavy atom. The number of hydrogen-bond acceptors (Lipinski definition) is 5. The van der Waals surface area contributed by atoms with Crippen molar-refractivity contribution in [2.75, 3.05) is 25.9 Å². The molecular formula is C16H32N2O4S. The SMILES string of the molecule is CCN(CCCNC1CCCC1S(C)(=O)=O)C(=O)OC(C)(C)C. The van der Waals surface area contributed by atoms with E-state index in [9.17, 15) is 13.2 Å². The molecule has 1 saturated carbocycles. The Hall–Kier alpha value is -0.820. The second-order valence-electron chi connectivity index (χ2n) is 7.27. The van der Waals surface area contributed by atoms with Gasteiger partial charge in [-0.2, -0.15) is 0 Å². The first kappa shape index (κ1) is 20.2. The van der Waals surface area contributed by atoms with Crippen LogP contribution in [0.2, 0.25) is 0 Å². The normalized spacial score (nSPS) is 22.1. The third-order valence-corrected chi connectivity index (χ3v) is 5.71. The van der Waals surface area contributed by atoms with Crippen LogP contribution < -0.4 is 5.32 Å². The lowest BCUT2D eigenvalue weighted by molar-refractivity contribution is 0.0258. The van der Waals surface area contributed by atoms with Gasteiger partial charge >= 0.3 is 6.09 Å². The van der Waals surface area contributed by atoms with Gasteiger partial charge in [-0.15, -0.1) is 0 Å². The minimum absolute atomic E-state index is 0.0432. The zero-order valence-corrected chi connectivity index (χ0v) is 15.9. The van der Waals surface area contributed by atoms with Crippen LogP contribution in [-0.4, -0.2) is 62.2 Å². The van der Waals surface area contributed by atoms with Crippen LogP contribution >= 0.6 is 0 Å². The summed E-state index contributed by atoms with van der Waals surface area (Å²) in [6.07, 6.45) is 4.40. The van der Waals surface area contributed by atoms with Gasteiger partial charge in [-0.05, 0) is 53.5 Å². The fourth-order valence-corrected chi connectivity index (χ4v) is 4.36. The van der Waals surface area contributed by atoms with Gasteiger partial charge in [-0.3, -0.25) is 0 Å². The fraction of sp³-hybridized carbons (Fsp3) is 0.938. The van der Waals surface area contributed by atoms with E-state index < -0.39 is 15.4 Å². The summed E-state index contributed by atoms with van der Waals surface area (Å²) in [7, 11) is -2.99. The standard InChI is InChI=1S/C16H32N2O4S/c1-6-18(15(19)22-16(2,3)4)12-8-11-17-13-9-7-10-14(13)23(5,20)21/h13-14,17H,6-12H2,1-5H3. The first-order valence-corrected chi connectivity index (χ1v) is 10.4. The van der Waals surface area contributed by atoms with Crippen molar-refractivity contribution >= 4 is 15.9 Å². The molecule has 1 amide bonds. The Balaban J connectivity index is 2.36. The molecule has 0 aromatic heterocycles. The van der Waals surface area contributed by atoms with E-state index in [1.807, 2.05) is 27.7 Å². The molecule has 0 radical (unpaired) electrons. The molecule has 136 valence electrons. The molecule has 23 heavy (non-hydrogen) atoms. The molecule has 1 rings (SSSR count). The molecule has 7 heteroatoms. The molecule has 0 bridgehead atoms. The number of nitrogens with zero attached hydrogens (tertiary/aromatic N) is 1. The summed E-state index contributed by atoms with van der Waals surface area (Å²) in [5.41, 5.74) is -0.491. The smallest absolute Gasteiger partial charge is 0.410 e. The van der Waals surface area contributed by atoms with Crippen LogP contribution in [0.15, 0.2) is 0 Å². The molecule has 1 aliphatic rings. The Bertz CT molecular complexity index is 485. The van der Waals surface area contributed by atoms with Gasteiger partial charge in [0.1, 0.15) is 5.60 Å². The van der Waals surface area contributed by atoms with Crippen LogP contribution in [0.5, 0.6) is 0 Å². The van der Waals surface area contributed by atoms with Crippen LogP contribution in [0.1, 0.15) is 53.4 Å². The highest BCUT2D eigenvalue weighted by Crippen LogP contribution is 2.24. The van der Waals surface area contributed by atoms with Crippen molar-refractivity contribution in [3.63, 3.8) is 0 Å². The Morgan fingerprint density at radius 2 is 1.96 bits per heavy atom. The van der Waals surface area contributed by atoms with E-state index in [-0.39, 0.29) is 17.4 Å². The molecule has 0 spiro atoms. The molecule has 0 saturated heterocycles. The number of hydrogen-bond donors (Lipinski definition) is 1. The Kier molecular flexibility index (Phi) is 7.32.